The molecular weight excluding hydrogens is 349 g/mol. The van der Waals surface area contributed by atoms with Crippen LogP contribution in [0.25, 0.3) is 0 Å². The number of rotatable bonds is 5. The van der Waals surface area contributed by atoms with Crippen LogP contribution in [0.4, 0.5) is 23.7 Å². The van der Waals surface area contributed by atoms with Crippen LogP contribution in [0.15, 0.2) is 18.2 Å². The Morgan fingerprint density at radius 3 is 2.77 bits per heavy atom. The van der Waals surface area contributed by atoms with Gasteiger partial charge in [-0.15, -0.1) is 0 Å². The highest BCUT2D eigenvalue weighted by Crippen LogP contribution is 2.34. The molecule has 1 heterocycles. The van der Waals surface area contributed by atoms with Gasteiger partial charge in [0.2, 0.25) is 0 Å². The molecule has 0 aromatic heterocycles. The zero-order valence-electron chi connectivity index (χ0n) is 15.2. The van der Waals surface area contributed by atoms with E-state index in [1.165, 1.54) is 19.2 Å². The van der Waals surface area contributed by atoms with Gasteiger partial charge in [-0.25, -0.2) is 4.79 Å². The Balaban J connectivity index is 2.17. The number of nitrogens with one attached hydrogen (secondary N) is 1. The number of halogens is 3. The molecule has 1 aliphatic heterocycles. The van der Waals surface area contributed by atoms with Crippen molar-refractivity contribution < 1.29 is 27.4 Å². The van der Waals surface area contributed by atoms with Gasteiger partial charge < -0.3 is 19.7 Å². The second-order valence-electron chi connectivity index (χ2n) is 6.78. The standard InChI is InChI=1S/C18H25F3N2O3/c1-12(2)8-15-11-26-7-6-23(15)17(24)22-14-5-4-13(10-25-3)16(9-14)18(19,20)21/h4-5,9,12,15H,6-8,10-11H2,1-3H3,(H,22,24)/t15-/m0/s1. The molecule has 146 valence electrons. The van der Waals surface area contributed by atoms with E-state index in [1.807, 2.05) is 0 Å². The Bertz CT molecular complexity index is 620. The van der Waals surface area contributed by atoms with Gasteiger partial charge in [-0.05, 0) is 30.0 Å². The van der Waals surface area contributed by atoms with E-state index in [1.54, 1.807) is 4.90 Å². The average Bonchev–Trinajstić information content (AvgIpc) is 2.55. The lowest BCUT2D eigenvalue weighted by molar-refractivity contribution is -0.138. The molecule has 1 fully saturated rings. The number of carbonyl (C=O) groups excluding carboxylic acids is 1. The minimum atomic E-state index is -4.52. The van der Waals surface area contributed by atoms with E-state index in [4.69, 9.17) is 9.47 Å². The molecule has 1 saturated heterocycles. The molecule has 1 atom stereocenters. The molecule has 8 heteroatoms. The average molecular weight is 374 g/mol. The summed E-state index contributed by atoms with van der Waals surface area (Å²) in [6.45, 7) is 5.22. The fraction of sp³-hybridized carbons (Fsp3) is 0.611. The molecule has 1 aromatic rings. The fourth-order valence-electron chi connectivity index (χ4n) is 3.06. The molecule has 5 nitrogen and oxygen atoms in total. The van der Waals surface area contributed by atoms with Crippen molar-refractivity contribution in [1.29, 1.82) is 0 Å². The van der Waals surface area contributed by atoms with E-state index in [-0.39, 0.29) is 23.9 Å². The normalized spacial score (nSPS) is 18.3. The number of nitrogens with zero attached hydrogens (tertiary/aromatic N) is 1. The lowest BCUT2D eigenvalue weighted by Crippen LogP contribution is -2.50. The Morgan fingerprint density at radius 2 is 2.15 bits per heavy atom. The predicted molar refractivity (Wildman–Crippen MR) is 91.9 cm³/mol. The Hall–Kier alpha value is -1.80. The molecule has 2 amide bonds. The summed E-state index contributed by atoms with van der Waals surface area (Å²) in [7, 11) is 1.34. The maximum absolute atomic E-state index is 13.3. The van der Waals surface area contributed by atoms with Crippen LogP contribution < -0.4 is 5.32 Å². The van der Waals surface area contributed by atoms with Crippen LogP contribution in [0.3, 0.4) is 0 Å². The summed E-state index contributed by atoms with van der Waals surface area (Å²) in [4.78, 5) is 14.2. The summed E-state index contributed by atoms with van der Waals surface area (Å²) in [5.41, 5.74) is -0.670. The number of methoxy groups -OCH3 is 1. The first kappa shape index (κ1) is 20.5. The number of hydrogen-bond donors (Lipinski definition) is 1. The number of hydrogen-bond acceptors (Lipinski definition) is 3. The van der Waals surface area contributed by atoms with Crippen molar-refractivity contribution in [2.24, 2.45) is 5.92 Å². The molecule has 0 bridgehead atoms. The van der Waals surface area contributed by atoms with Crippen LogP contribution in [0.5, 0.6) is 0 Å². The van der Waals surface area contributed by atoms with Crippen LogP contribution in [0.1, 0.15) is 31.4 Å². The highest BCUT2D eigenvalue weighted by Gasteiger charge is 2.34. The van der Waals surface area contributed by atoms with E-state index < -0.39 is 17.8 Å². The van der Waals surface area contributed by atoms with Gasteiger partial charge in [-0.2, -0.15) is 13.2 Å². The minimum absolute atomic E-state index is 0.0297. The van der Waals surface area contributed by atoms with E-state index in [9.17, 15) is 18.0 Å². The SMILES string of the molecule is COCc1ccc(NC(=O)N2CCOC[C@@H]2CC(C)C)cc1C(F)(F)F. The van der Waals surface area contributed by atoms with Crippen LogP contribution >= 0.6 is 0 Å². The zero-order chi connectivity index (χ0) is 19.3. The lowest BCUT2D eigenvalue weighted by Gasteiger charge is -2.36. The van der Waals surface area contributed by atoms with Crippen molar-refractivity contribution in [3.8, 4) is 0 Å². The van der Waals surface area contributed by atoms with E-state index in [0.717, 1.165) is 12.5 Å². The third-order valence-corrected chi connectivity index (χ3v) is 4.20. The quantitative estimate of drug-likeness (QED) is 0.843. The van der Waals surface area contributed by atoms with Crippen LogP contribution in [-0.4, -0.2) is 43.8 Å². The predicted octanol–water partition coefficient (Wildman–Crippen LogP) is 4.13. The van der Waals surface area contributed by atoms with Crippen LogP contribution in [-0.2, 0) is 22.3 Å². The van der Waals surface area contributed by atoms with E-state index in [2.05, 4.69) is 19.2 Å². The summed E-state index contributed by atoms with van der Waals surface area (Å²) in [5, 5.41) is 2.59. The number of alkyl halides is 3. The Kier molecular flexibility index (Phi) is 6.88. The van der Waals surface area contributed by atoms with Gasteiger partial charge in [0.25, 0.3) is 0 Å². The van der Waals surface area contributed by atoms with Gasteiger partial charge in [-0.3, -0.25) is 0 Å². The summed E-state index contributed by atoms with van der Waals surface area (Å²) in [5.74, 6) is 0.377. The topological polar surface area (TPSA) is 50.8 Å². The molecule has 0 aliphatic carbocycles. The molecule has 0 saturated carbocycles. The number of urea groups is 1. The summed E-state index contributed by atoms with van der Waals surface area (Å²) in [6.07, 6.45) is -3.75. The maximum Gasteiger partial charge on any atom is 0.416 e. The molecule has 1 N–H and O–H groups in total. The maximum atomic E-state index is 13.3. The Labute approximate surface area is 151 Å². The summed E-state index contributed by atoms with van der Waals surface area (Å²) >= 11 is 0. The summed E-state index contributed by atoms with van der Waals surface area (Å²) < 4.78 is 50.0. The van der Waals surface area contributed by atoms with Crippen molar-refractivity contribution in [2.75, 3.05) is 32.2 Å². The third kappa shape index (κ3) is 5.35. The third-order valence-electron chi connectivity index (χ3n) is 4.20. The van der Waals surface area contributed by atoms with E-state index >= 15 is 0 Å². The number of amides is 2. The van der Waals surface area contributed by atoms with Crippen LogP contribution in [0.2, 0.25) is 0 Å². The van der Waals surface area contributed by atoms with Crippen molar-refractivity contribution >= 4 is 11.7 Å². The fourth-order valence-corrected chi connectivity index (χ4v) is 3.06. The molecule has 0 unspecified atom stereocenters. The molecule has 1 aliphatic rings. The van der Waals surface area contributed by atoms with Crippen molar-refractivity contribution in [3.05, 3.63) is 29.3 Å². The van der Waals surface area contributed by atoms with E-state index in [0.29, 0.717) is 25.7 Å². The number of benzene rings is 1. The number of morpholine rings is 1. The second kappa shape index (κ2) is 8.73. The van der Waals surface area contributed by atoms with Crippen molar-refractivity contribution in [1.82, 2.24) is 4.90 Å². The summed E-state index contributed by atoms with van der Waals surface area (Å²) in [6, 6.07) is 3.24. The molecule has 1 aromatic carbocycles. The van der Waals surface area contributed by atoms with Gasteiger partial charge in [0, 0.05) is 19.3 Å². The smallest absolute Gasteiger partial charge is 0.380 e. The Morgan fingerprint density at radius 1 is 1.42 bits per heavy atom. The van der Waals surface area contributed by atoms with Gasteiger partial charge in [0.15, 0.2) is 0 Å². The molecule has 26 heavy (non-hydrogen) atoms. The van der Waals surface area contributed by atoms with Crippen molar-refractivity contribution in [2.45, 2.75) is 39.1 Å². The number of carbonyl (C=O) groups is 1. The lowest BCUT2D eigenvalue weighted by atomic mass is 10.0. The molecule has 0 radical (unpaired) electrons. The van der Waals surface area contributed by atoms with Crippen molar-refractivity contribution in [3.63, 3.8) is 0 Å². The molecule has 2 rings (SSSR count). The first-order chi connectivity index (χ1) is 12.2. The number of anilines is 1. The first-order valence-corrected chi connectivity index (χ1v) is 8.56. The molecule has 0 spiro atoms. The number of ether oxygens (including phenoxy) is 2. The first-order valence-electron chi connectivity index (χ1n) is 8.56. The van der Waals surface area contributed by atoms with Crippen LogP contribution in [0, 0.1) is 5.92 Å². The van der Waals surface area contributed by atoms with Gasteiger partial charge in [0.05, 0.1) is 31.4 Å². The highest BCUT2D eigenvalue weighted by molar-refractivity contribution is 5.89. The minimum Gasteiger partial charge on any atom is -0.380 e. The highest BCUT2D eigenvalue weighted by atomic mass is 19.4. The largest absolute Gasteiger partial charge is 0.416 e. The van der Waals surface area contributed by atoms with Gasteiger partial charge in [-0.1, -0.05) is 19.9 Å². The zero-order valence-corrected chi connectivity index (χ0v) is 15.2. The monoisotopic (exact) mass is 374 g/mol. The molecular formula is C18H25F3N2O3. The van der Waals surface area contributed by atoms with Gasteiger partial charge >= 0.3 is 12.2 Å². The van der Waals surface area contributed by atoms with Gasteiger partial charge in [0.1, 0.15) is 0 Å². The second-order valence-corrected chi connectivity index (χ2v) is 6.78.